The minimum atomic E-state index is -3.40. The number of thiophene rings is 1. The molecule has 7 heteroatoms. The SMILES string of the molecule is Cc1sc(CN)cc1S(=O)(=O)NCC1CCN(C)CC1. The first kappa shape index (κ1) is 15.9. The van der Waals surface area contributed by atoms with Gasteiger partial charge in [0.15, 0.2) is 0 Å². The van der Waals surface area contributed by atoms with E-state index in [2.05, 4.69) is 16.7 Å². The van der Waals surface area contributed by atoms with Crippen molar-refractivity contribution in [3.63, 3.8) is 0 Å². The van der Waals surface area contributed by atoms with E-state index in [0.717, 1.165) is 35.7 Å². The van der Waals surface area contributed by atoms with Crippen LogP contribution in [0.15, 0.2) is 11.0 Å². The molecule has 20 heavy (non-hydrogen) atoms. The van der Waals surface area contributed by atoms with Crippen LogP contribution in [0.5, 0.6) is 0 Å². The average molecular weight is 317 g/mol. The monoisotopic (exact) mass is 317 g/mol. The summed E-state index contributed by atoms with van der Waals surface area (Å²) in [7, 11) is -1.30. The molecule has 0 atom stereocenters. The molecule has 0 saturated carbocycles. The van der Waals surface area contributed by atoms with Crippen LogP contribution in [-0.2, 0) is 16.6 Å². The Morgan fingerprint density at radius 1 is 1.45 bits per heavy atom. The van der Waals surface area contributed by atoms with E-state index < -0.39 is 10.0 Å². The lowest BCUT2D eigenvalue weighted by Crippen LogP contribution is -2.36. The Morgan fingerprint density at radius 2 is 2.10 bits per heavy atom. The number of likely N-dealkylation sites (tertiary alicyclic amines) is 1. The Labute approximate surface area is 125 Å². The van der Waals surface area contributed by atoms with Crippen molar-refractivity contribution < 1.29 is 8.42 Å². The van der Waals surface area contributed by atoms with Gasteiger partial charge in [-0.05, 0) is 51.9 Å². The van der Waals surface area contributed by atoms with E-state index in [1.165, 1.54) is 11.3 Å². The van der Waals surface area contributed by atoms with Crippen LogP contribution >= 0.6 is 11.3 Å². The molecule has 1 aliphatic rings. The van der Waals surface area contributed by atoms with Gasteiger partial charge in [0.05, 0.1) is 4.90 Å². The van der Waals surface area contributed by atoms with E-state index in [4.69, 9.17) is 5.73 Å². The Morgan fingerprint density at radius 3 is 2.65 bits per heavy atom. The molecule has 3 N–H and O–H groups in total. The first-order chi connectivity index (χ1) is 9.42. The first-order valence-electron chi connectivity index (χ1n) is 6.90. The molecule has 1 aromatic heterocycles. The van der Waals surface area contributed by atoms with Gasteiger partial charge in [-0.1, -0.05) is 0 Å². The van der Waals surface area contributed by atoms with Crippen LogP contribution in [0.1, 0.15) is 22.6 Å². The number of nitrogens with two attached hydrogens (primary N) is 1. The van der Waals surface area contributed by atoms with Crippen LogP contribution in [0.2, 0.25) is 0 Å². The molecule has 2 heterocycles. The van der Waals surface area contributed by atoms with E-state index in [9.17, 15) is 8.42 Å². The predicted molar refractivity (Wildman–Crippen MR) is 82.4 cm³/mol. The summed E-state index contributed by atoms with van der Waals surface area (Å²) in [6.07, 6.45) is 2.10. The molecule has 114 valence electrons. The Bertz CT molecular complexity index is 546. The van der Waals surface area contributed by atoms with Crippen molar-refractivity contribution in [1.29, 1.82) is 0 Å². The molecule has 0 radical (unpaired) electrons. The van der Waals surface area contributed by atoms with Gasteiger partial charge in [0.25, 0.3) is 0 Å². The molecule has 1 saturated heterocycles. The van der Waals surface area contributed by atoms with Gasteiger partial charge in [-0.25, -0.2) is 13.1 Å². The van der Waals surface area contributed by atoms with Gasteiger partial charge in [0.1, 0.15) is 0 Å². The second-order valence-corrected chi connectivity index (χ2v) is 8.51. The lowest BCUT2D eigenvalue weighted by molar-refractivity contribution is 0.220. The maximum Gasteiger partial charge on any atom is 0.241 e. The summed E-state index contributed by atoms with van der Waals surface area (Å²) in [5.41, 5.74) is 5.57. The molecule has 0 unspecified atom stereocenters. The minimum Gasteiger partial charge on any atom is -0.326 e. The van der Waals surface area contributed by atoms with Gasteiger partial charge in [-0.15, -0.1) is 11.3 Å². The molecular formula is C13H23N3O2S2. The van der Waals surface area contributed by atoms with Gasteiger partial charge >= 0.3 is 0 Å². The van der Waals surface area contributed by atoms with Crippen LogP contribution in [0.3, 0.4) is 0 Å². The molecule has 0 amide bonds. The van der Waals surface area contributed by atoms with Crippen LogP contribution < -0.4 is 10.5 Å². The van der Waals surface area contributed by atoms with Gasteiger partial charge in [-0.3, -0.25) is 0 Å². The maximum absolute atomic E-state index is 12.3. The van der Waals surface area contributed by atoms with Crippen molar-refractivity contribution in [1.82, 2.24) is 9.62 Å². The van der Waals surface area contributed by atoms with Crippen LogP contribution in [0.4, 0.5) is 0 Å². The van der Waals surface area contributed by atoms with Gasteiger partial charge < -0.3 is 10.6 Å². The zero-order valence-electron chi connectivity index (χ0n) is 12.1. The largest absolute Gasteiger partial charge is 0.326 e. The number of sulfonamides is 1. The normalized spacial score (nSPS) is 18.6. The molecule has 0 spiro atoms. The van der Waals surface area contributed by atoms with Crippen molar-refractivity contribution in [3.8, 4) is 0 Å². The van der Waals surface area contributed by atoms with E-state index in [1.807, 2.05) is 6.92 Å². The molecular weight excluding hydrogens is 294 g/mol. The highest BCUT2D eigenvalue weighted by Crippen LogP contribution is 2.25. The van der Waals surface area contributed by atoms with Crippen LogP contribution in [0.25, 0.3) is 0 Å². The molecule has 1 fully saturated rings. The standard InChI is InChI=1S/C13H23N3O2S2/c1-10-13(7-12(8-14)19-10)20(17,18)15-9-11-3-5-16(2)6-4-11/h7,11,15H,3-6,8-9,14H2,1-2H3. The predicted octanol–water partition coefficient (Wildman–Crippen LogP) is 1.14. The number of piperidine rings is 1. The highest BCUT2D eigenvalue weighted by atomic mass is 32.2. The number of aryl methyl sites for hydroxylation is 1. The molecule has 0 aromatic carbocycles. The summed E-state index contributed by atoms with van der Waals surface area (Å²) in [6, 6.07) is 1.69. The molecule has 1 aromatic rings. The van der Waals surface area contributed by atoms with Crippen molar-refractivity contribution in [3.05, 3.63) is 15.8 Å². The number of hydrogen-bond donors (Lipinski definition) is 2. The number of rotatable bonds is 5. The summed E-state index contributed by atoms with van der Waals surface area (Å²) in [5, 5.41) is 0. The van der Waals surface area contributed by atoms with Gasteiger partial charge in [-0.2, -0.15) is 0 Å². The molecule has 0 aliphatic carbocycles. The summed E-state index contributed by atoms with van der Waals surface area (Å²) in [5.74, 6) is 0.439. The Balaban J connectivity index is 1.98. The van der Waals surface area contributed by atoms with Crippen LogP contribution in [0, 0.1) is 12.8 Å². The smallest absolute Gasteiger partial charge is 0.241 e. The van der Waals surface area contributed by atoms with E-state index >= 15 is 0 Å². The minimum absolute atomic E-state index is 0.385. The van der Waals surface area contributed by atoms with E-state index in [0.29, 0.717) is 23.9 Å². The van der Waals surface area contributed by atoms with Crippen molar-refractivity contribution >= 4 is 21.4 Å². The highest BCUT2D eigenvalue weighted by molar-refractivity contribution is 7.89. The maximum atomic E-state index is 12.3. The van der Waals surface area contributed by atoms with Crippen molar-refractivity contribution in [2.75, 3.05) is 26.7 Å². The number of hydrogen-bond acceptors (Lipinski definition) is 5. The zero-order chi connectivity index (χ0) is 14.8. The quantitative estimate of drug-likeness (QED) is 0.854. The molecule has 0 bridgehead atoms. The number of nitrogens with one attached hydrogen (secondary N) is 1. The topological polar surface area (TPSA) is 75.4 Å². The average Bonchev–Trinajstić information content (AvgIpc) is 2.80. The summed E-state index contributed by atoms with van der Waals surface area (Å²) < 4.78 is 27.4. The molecule has 5 nitrogen and oxygen atoms in total. The highest BCUT2D eigenvalue weighted by Gasteiger charge is 2.22. The third-order valence-corrected chi connectivity index (χ3v) is 6.57. The summed E-state index contributed by atoms with van der Waals surface area (Å²) in [4.78, 5) is 4.38. The second kappa shape index (κ2) is 6.53. The summed E-state index contributed by atoms with van der Waals surface area (Å²) >= 11 is 1.45. The van der Waals surface area contributed by atoms with Gasteiger partial charge in [0.2, 0.25) is 10.0 Å². The first-order valence-corrected chi connectivity index (χ1v) is 9.20. The fourth-order valence-corrected chi connectivity index (χ4v) is 5.09. The van der Waals surface area contributed by atoms with E-state index in [1.54, 1.807) is 6.07 Å². The fraction of sp³-hybridized carbons (Fsp3) is 0.692. The fourth-order valence-electron chi connectivity index (χ4n) is 2.46. The Hall–Kier alpha value is -0.470. The molecule has 1 aliphatic heterocycles. The lowest BCUT2D eigenvalue weighted by Gasteiger charge is -2.28. The van der Waals surface area contributed by atoms with Crippen molar-refractivity contribution in [2.24, 2.45) is 11.7 Å². The van der Waals surface area contributed by atoms with Crippen LogP contribution in [-0.4, -0.2) is 40.0 Å². The van der Waals surface area contributed by atoms with Crippen molar-refractivity contribution in [2.45, 2.75) is 31.2 Å². The lowest BCUT2D eigenvalue weighted by atomic mass is 9.98. The third-order valence-electron chi connectivity index (χ3n) is 3.81. The summed E-state index contributed by atoms with van der Waals surface area (Å²) in [6.45, 7) is 4.83. The van der Waals surface area contributed by atoms with E-state index in [-0.39, 0.29) is 0 Å². The van der Waals surface area contributed by atoms with Gasteiger partial charge in [0, 0.05) is 22.8 Å². The number of nitrogens with zero attached hydrogens (tertiary/aromatic N) is 1. The zero-order valence-corrected chi connectivity index (χ0v) is 13.7. The third kappa shape index (κ3) is 3.79. The second-order valence-electron chi connectivity index (χ2n) is 5.44. The molecule has 2 rings (SSSR count). The Kier molecular flexibility index (Phi) is 5.19.